The lowest BCUT2D eigenvalue weighted by molar-refractivity contribution is 0.0997. The van der Waals surface area contributed by atoms with Crippen molar-refractivity contribution < 1.29 is 18.7 Å². The molecule has 3 aromatic rings. The van der Waals surface area contributed by atoms with Crippen LogP contribution in [-0.4, -0.2) is 20.1 Å². The van der Waals surface area contributed by atoms with Crippen LogP contribution in [-0.2, 0) is 0 Å². The quantitative estimate of drug-likeness (QED) is 0.707. The SMILES string of the molecule is COc1ccc(NC(=O)c2ccc(-c3ccccc3Cl)o2)c(OC)c1. The van der Waals surface area contributed by atoms with Gasteiger partial charge in [-0.3, -0.25) is 4.79 Å². The maximum absolute atomic E-state index is 12.4. The Morgan fingerprint density at radius 2 is 1.84 bits per heavy atom. The molecule has 0 aliphatic carbocycles. The molecular weight excluding hydrogens is 342 g/mol. The fourth-order valence-corrected chi connectivity index (χ4v) is 2.58. The lowest BCUT2D eigenvalue weighted by Gasteiger charge is -2.10. The summed E-state index contributed by atoms with van der Waals surface area (Å²) in [5.41, 5.74) is 1.24. The molecule has 1 aromatic heterocycles. The summed E-state index contributed by atoms with van der Waals surface area (Å²) in [4.78, 5) is 12.4. The van der Waals surface area contributed by atoms with Crippen LogP contribution < -0.4 is 14.8 Å². The van der Waals surface area contributed by atoms with Crippen LogP contribution in [0.3, 0.4) is 0 Å². The number of amides is 1. The Balaban J connectivity index is 1.82. The minimum atomic E-state index is -0.387. The molecule has 3 rings (SSSR count). The first-order valence-corrected chi connectivity index (χ1v) is 7.88. The molecule has 0 saturated carbocycles. The van der Waals surface area contributed by atoms with Crippen LogP contribution in [0.1, 0.15) is 10.6 Å². The Morgan fingerprint density at radius 1 is 1.04 bits per heavy atom. The van der Waals surface area contributed by atoms with E-state index in [2.05, 4.69) is 5.32 Å². The number of ether oxygens (including phenoxy) is 2. The zero-order chi connectivity index (χ0) is 17.8. The molecule has 0 saturated heterocycles. The third kappa shape index (κ3) is 3.61. The van der Waals surface area contributed by atoms with Crippen LogP contribution in [0, 0.1) is 0 Å². The number of carbonyl (C=O) groups excluding carboxylic acids is 1. The number of anilines is 1. The topological polar surface area (TPSA) is 60.7 Å². The molecular formula is C19H16ClNO4. The lowest BCUT2D eigenvalue weighted by atomic mass is 10.2. The Morgan fingerprint density at radius 3 is 2.56 bits per heavy atom. The Bertz CT molecular complexity index is 904. The summed E-state index contributed by atoms with van der Waals surface area (Å²) in [7, 11) is 3.08. The van der Waals surface area contributed by atoms with Crippen molar-refractivity contribution in [2.75, 3.05) is 19.5 Å². The number of furan rings is 1. The van der Waals surface area contributed by atoms with Gasteiger partial charge in [-0.25, -0.2) is 0 Å². The van der Waals surface area contributed by atoms with E-state index in [1.54, 1.807) is 43.5 Å². The van der Waals surface area contributed by atoms with Crippen molar-refractivity contribution in [1.82, 2.24) is 0 Å². The van der Waals surface area contributed by atoms with Crippen LogP contribution in [0.15, 0.2) is 59.0 Å². The highest BCUT2D eigenvalue weighted by Crippen LogP contribution is 2.31. The summed E-state index contributed by atoms with van der Waals surface area (Å²) in [5.74, 6) is 1.44. The van der Waals surface area contributed by atoms with Gasteiger partial charge in [0.2, 0.25) is 0 Å². The zero-order valence-electron chi connectivity index (χ0n) is 13.7. The van der Waals surface area contributed by atoms with Crippen molar-refractivity contribution in [3.63, 3.8) is 0 Å². The molecule has 1 heterocycles. The number of carbonyl (C=O) groups is 1. The minimum Gasteiger partial charge on any atom is -0.497 e. The zero-order valence-corrected chi connectivity index (χ0v) is 14.5. The summed E-state index contributed by atoms with van der Waals surface area (Å²) < 4.78 is 16.1. The lowest BCUT2D eigenvalue weighted by Crippen LogP contribution is -2.11. The second-order valence-corrected chi connectivity index (χ2v) is 5.57. The predicted molar refractivity (Wildman–Crippen MR) is 96.7 cm³/mol. The van der Waals surface area contributed by atoms with E-state index in [1.165, 1.54) is 7.11 Å². The molecule has 0 aliphatic rings. The number of halogens is 1. The molecule has 0 fully saturated rings. The molecule has 128 valence electrons. The molecule has 0 unspecified atom stereocenters. The first kappa shape index (κ1) is 16.9. The Kier molecular flexibility index (Phi) is 4.95. The first-order valence-electron chi connectivity index (χ1n) is 7.50. The monoisotopic (exact) mass is 357 g/mol. The van der Waals surface area contributed by atoms with Crippen LogP contribution >= 0.6 is 11.6 Å². The maximum atomic E-state index is 12.4. The summed E-state index contributed by atoms with van der Waals surface area (Å²) >= 11 is 6.16. The molecule has 1 amide bonds. The summed E-state index contributed by atoms with van der Waals surface area (Å²) in [6.45, 7) is 0. The second kappa shape index (κ2) is 7.32. The molecule has 5 nitrogen and oxygen atoms in total. The van der Waals surface area contributed by atoms with E-state index in [4.69, 9.17) is 25.5 Å². The highest BCUT2D eigenvalue weighted by atomic mass is 35.5. The van der Waals surface area contributed by atoms with E-state index in [-0.39, 0.29) is 11.7 Å². The van der Waals surface area contributed by atoms with E-state index in [9.17, 15) is 4.79 Å². The number of hydrogen-bond acceptors (Lipinski definition) is 4. The molecule has 6 heteroatoms. The number of hydrogen-bond donors (Lipinski definition) is 1. The van der Waals surface area contributed by atoms with E-state index < -0.39 is 0 Å². The first-order chi connectivity index (χ1) is 12.1. The molecule has 0 atom stereocenters. The van der Waals surface area contributed by atoms with E-state index in [0.717, 1.165) is 5.56 Å². The van der Waals surface area contributed by atoms with Crippen molar-refractivity contribution in [2.24, 2.45) is 0 Å². The summed E-state index contributed by atoms with van der Waals surface area (Å²) in [5, 5.41) is 3.32. The van der Waals surface area contributed by atoms with Crippen LogP contribution in [0.2, 0.25) is 5.02 Å². The number of benzene rings is 2. The van der Waals surface area contributed by atoms with Gasteiger partial charge in [-0.15, -0.1) is 0 Å². The normalized spacial score (nSPS) is 10.4. The highest BCUT2D eigenvalue weighted by molar-refractivity contribution is 6.33. The smallest absolute Gasteiger partial charge is 0.291 e. The average molecular weight is 358 g/mol. The standard InChI is InChI=1S/C19H16ClNO4/c1-23-12-7-8-15(18(11-12)24-2)21-19(22)17-10-9-16(25-17)13-5-3-4-6-14(13)20/h3-11H,1-2H3,(H,21,22). The van der Waals surface area contributed by atoms with Crippen molar-refractivity contribution in [1.29, 1.82) is 0 Å². The van der Waals surface area contributed by atoms with Gasteiger partial charge in [0.15, 0.2) is 5.76 Å². The van der Waals surface area contributed by atoms with Gasteiger partial charge in [0.1, 0.15) is 17.3 Å². The van der Waals surface area contributed by atoms with Gasteiger partial charge >= 0.3 is 0 Å². The van der Waals surface area contributed by atoms with Crippen LogP contribution in [0.5, 0.6) is 11.5 Å². The van der Waals surface area contributed by atoms with Gasteiger partial charge < -0.3 is 19.2 Å². The van der Waals surface area contributed by atoms with Gasteiger partial charge in [0.25, 0.3) is 5.91 Å². The number of methoxy groups -OCH3 is 2. The molecule has 0 spiro atoms. The van der Waals surface area contributed by atoms with Crippen molar-refractivity contribution in [3.05, 3.63) is 65.4 Å². The van der Waals surface area contributed by atoms with Gasteiger partial charge in [-0.1, -0.05) is 23.7 Å². The second-order valence-electron chi connectivity index (χ2n) is 5.16. The fourth-order valence-electron chi connectivity index (χ4n) is 2.35. The van der Waals surface area contributed by atoms with Gasteiger partial charge in [0.05, 0.1) is 24.9 Å². The Labute approximate surface area is 150 Å². The highest BCUT2D eigenvalue weighted by Gasteiger charge is 2.16. The number of rotatable bonds is 5. The van der Waals surface area contributed by atoms with Crippen LogP contribution in [0.4, 0.5) is 5.69 Å². The average Bonchev–Trinajstić information content (AvgIpc) is 3.12. The molecule has 0 radical (unpaired) electrons. The summed E-state index contributed by atoms with van der Waals surface area (Å²) in [6.07, 6.45) is 0. The van der Waals surface area contributed by atoms with Gasteiger partial charge in [-0.05, 0) is 36.4 Å². The largest absolute Gasteiger partial charge is 0.497 e. The minimum absolute atomic E-state index is 0.174. The van der Waals surface area contributed by atoms with Crippen molar-refractivity contribution >= 4 is 23.2 Å². The summed E-state index contributed by atoms with van der Waals surface area (Å²) in [6, 6.07) is 15.7. The third-order valence-electron chi connectivity index (χ3n) is 3.63. The van der Waals surface area contributed by atoms with E-state index in [1.807, 2.05) is 18.2 Å². The maximum Gasteiger partial charge on any atom is 0.291 e. The van der Waals surface area contributed by atoms with E-state index in [0.29, 0.717) is 28.0 Å². The molecule has 25 heavy (non-hydrogen) atoms. The molecule has 0 bridgehead atoms. The van der Waals surface area contributed by atoms with Gasteiger partial charge in [-0.2, -0.15) is 0 Å². The Hall–Kier alpha value is -2.92. The molecule has 1 N–H and O–H groups in total. The number of nitrogens with one attached hydrogen (secondary N) is 1. The van der Waals surface area contributed by atoms with Crippen molar-refractivity contribution in [3.8, 4) is 22.8 Å². The van der Waals surface area contributed by atoms with Gasteiger partial charge in [0, 0.05) is 11.6 Å². The van der Waals surface area contributed by atoms with Crippen molar-refractivity contribution in [2.45, 2.75) is 0 Å². The third-order valence-corrected chi connectivity index (χ3v) is 3.96. The van der Waals surface area contributed by atoms with Crippen LogP contribution in [0.25, 0.3) is 11.3 Å². The molecule has 2 aromatic carbocycles. The fraction of sp³-hybridized carbons (Fsp3) is 0.105. The van der Waals surface area contributed by atoms with E-state index >= 15 is 0 Å². The predicted octanol–water partition coefficient (Wildman–Crippen LogP) is 4.87. The molecule has 0 aliphatic heterocycles.